The fraction of sp³-hybridized carbons (Fsp3) is 0.462. The molecule has 0 atom stereocenters. The van der Waals surface area contributed by atoms with Crippen LogP contribution in [0.2, 0.25) is 5.28 Å². The third-order valence-electron chi connectivity index (χ3n) is 3.64. The van der Waals surface area contributed by atoms with Gasteiger partial charge in [-0.2, -0.15) is 4.98 Å². The fourth-order valence-electron chi connectivity index (χ4n) is 2.82. The first-order valence-corrected chi connectivity index (χ1v) is 6.66. The number of aromatic nitrogens is 3. The van der Waals surface area contributed by atoms with E-state index in [2.05, 4.69) is 9.97 Å². The molecule has 18 heavy (non-hydrogen) atoms. The molecule has 0 saturated heterocycles. The quantitative estimate of drug-likeness (QED) is 0.616. The van der Waals surface area contributed by atoms with E-state index in [1.165, 1.54) is 19.3 Å². The van der Waals surface area contributed by atoms with E-state index in [1.54, 1.807) is 6.20 Å². The average molecular weight is 264 g/mol. The highest BCUT2D eigenvalue weighted by molar-refractivity contribution is 6.28. The number of nitrogens with zero attached hydrogens (tertiary/aromatic N) is 3. The van der Waals surface area contributed by atoms with Crippen molar-refractivity contribution >= 4 is 28.9 Å². The van der Waals surface area contributed by atoms with E-state index in [9.17, 15) is 4.79 Å². The third kappa shape index (κ3) is 1.90. The van der Waals surface area contributed by atoms with Crippen molar-refractivity contribution in [1.29, 1.82) is 0 Å². The van der Waals surface area contributed by atoms with Gasteiger partial charge in [-0.1, -0.05) is 19.3 Å². The van der Waals surface area contributed by atoms with Gasteiger partial charge in [0.25, 0.3) is 0 Å². The van der Waals surface area contributed by atoms with Crippen molar-refractivity contribution in [3.8, 4) is 0 Å². The minimum atomic E-state index is 0.232. The van der Waals surface area contributed by atoms with Gasteiger partial charge in [-0.15, -0.1) is 0 Å². The van der Waals surface area contributed by atoms with Crippen LogP contribution >= 0.6 is 11.6 Å². The van der Waals surface area contributed by atoms with Crippen LogP contribution in [0.3, 0.4) is 0 Å². The van der Waals surface area contributed by atoms with Gasteiger partial charge in [-0.05, 0) is 30.5 Å². The van der Waals surface area contributed by atoms with E-state index in [1.807, 2.05) is 10.6 Å². The largest absolute Gasteiger partial charge is 0.320 e. The highest BCUT2D eigenvalue weighted by Crippen LogP contribution is 2.32. The van der Waals surface area contributed by atoms with Gasteiger partial charge >= 0.3 is 0 Å². The Morgan fingerprint density at radius 2 is 2.11 bits per heavy atom. The summed E-state index contributed by atoms with van der Waals surface area (Å²) in [6, 6.07) is 2.20. The Balaban J connectivity index is 2.17. The first kappa shape index (κ1) is 11.7. The zero-order chi connectivity index (χ0) is 12.5. The summed E-state index contributed by atoms with van der Waals surface area (Å²) >= 11 is 5.86. The molecule has 0 bridgehead atoms. The molecule has 1 saturated carbocycles. The molecule has 0 radical (unpaired) electrons. The summed E-state index contributed by atoms with van der Waals surface area (Å²) < 4.78 is 2.04. The van der Waals surface area contributed by atoms with Crippen molar-refractivity contribution in [2.75, 3.05) is 0 Å². The Labute approximate surface area is 110 Å². The topological polar surface area (TPSA) is 47.8 Å². The van der Waals surface area contributed by atoms with Crippen molar-refractivity contribution in [1.82, 2.24) is 14.5 Å². The lowest BCUT2D eigenvalue weighted by Crippen LogP contribution is -2.15. The first-order valence-electron chi connectivity index (χ1n) is 6.28. The zero-order valence-corrected chi connectivity index (χ0v) is 10.7. The second-order valence-corrected chi connectivity index (χ2v) is 5.10. The number of hydrogen-bond donors (Lipinski definition) is 0. The average Bonchev–Trinajstić information content (AvgIpc) is 2.77. The molecule has 1 aliphatic rings. The molecule has 1 fully saturated rings. The molecule has 0 spiro atoms. The van der Waals surface area contributed by atoms with E-state index in [0.717, 1.165) is 30.2 Å². The van der Waals surface area contributed by atoms with Crippen molar-refractivity contribution in [3.05, 3.63) is 23.2 Å². The lowest BCUT2D eigenvalue weighted by Gasteiger charge is -2.24. The minimum Gasteiger partial charge on any atom is -0.320 e. The van der Waals surface area contributed by atoms with Crippen molar-refractivity contribution < 1.29 is 4.79 Å². The maximum Gasteiger partial charge on any atom is 0.224 e. The Morgan fingerprint density at radius 3 is 2.83 bits per heavy atom. The normalized spacial score (nSPS) is 17.2. The minimum absolute atomic E-state index is 0.232. The molecule has 4 nitrogen and oxygen atoms in total. The van der Waals surface area contributed by atoms with Crippen LogP contribution in [-0.4, -0.2) is 20.8 Å². The second kappa shape index (κ2) is 4.69. The van der Waals surface area contributed by atoms with E-state index in [0.29, 0.717) is 11.7 Å². The van der Waals surface area contributed by atoms with Gasteiger partial charge in [0.1, 0.15) is 5.65 Å². The molecule has 2 aromatic rings. The van der Waals surface area contributed by atoms with Crippen LogP contribution in [0.4, 0.5) is 0 Å². The molecule has 1 aliphatic carbocycles. The number of hydrogen-bond acceptors (Lipinski definition) is 3. The SMILES string of the molecule is O=Cc1cc2cnc(Cl)nc2n1C1CCCCC1. The lowest BCUT2D eigenvalue weighted by atomic mass is 9.95. The predicted octanol–water partition coefficient (Wildman–Crippen LogP) is 3.40. The van der Waals surface area contributed by atoms with E-state index >= 15 is 0 Å². The summed E-state index contributed by atoms with van der Waals surface area (Å²) in [5.74, 6) is 0. The molecule has 2 heterocycles. The molecule has 0 N–H and O–H groups in total. The predicted molar refractivity (Wildman–Crippen MR) is 70.0 cm³/mol. The van der Waals surface area contributed by atoms with Crippen LogP contribution in [0.1, 0.15) is 48.6 Å². The number of carbonyl (C=O) groups excluding carboxylic acids is 1. The van der Waals surface area contributed by atoms with Crippen LogP contribution < -0.4 is 0 Å². The van der Waals surface area contributed by atoms with Gasteiger partial charge in [0.15, 0.2) is 6.29 Å². The highest BCUT2D eigenvalue weighted by Gasteiger charge is 2.21. The number of halogens is 1. The van der Waals surface area contributed by atoms with Gasteiger partial charge in [-0.25, -0.2) is 4.98 Å². The Morgan fingerprint density at radius 1 is 1.33 bits per heavy atom. The van der Waals surface area contributed by atoms with Crippen molar-refractivity contribution in [3.63, 3.8) is 0 Å². The third-order valence-corrected chi connectivity index (χ3v) is 3.82. The maximum atomic E-state index is 11.2. The van der Waals surface area contributed by atoms with Crippen LogP contribution in [-0.2, 0) is 0 Å². The molecule has 0 aliphatic heterocycles. The van der Waals surface area contributed by atoms with E-state index in [-0.39, 0.29) is 5.28 Å². The van der Waals surface area contributed by atoms with Crippen LogP contribution in [0.15, 0.2) is 12.3 Å². The first-order chi connectivity index (χ1) is 8.79. The maximum absolute atomic E-state index is 11.2. The smallest absolute Gasteiger partial charge is 0.224 e. The fourth-order valence-corrected chi connectivity index (χ4v) is 2.95. The Kier molecular flexibility index (Phi) is 3.04. The zero-order valence-electron chi connectivity index (χ0n) is 9.97. The number of carbonyl (C=O) groups is 1. The molecule has 94 valence electrons. The summed E-state index contributed by atoms with van der Waals surface area (Å²) in [4.78, 5) is 19.5. The molecular weight excluding hydrogens is 250 g/mol. The van der Waals surface area contributed by atoms with Crippen molar-refractivity contribution in [2.45, 2.75) is 38.1 Å². The van der Waals surface area contributed by atoms with Gasteiger partial charge in [0.05, 0.1) is 5.69 Å². The molecule has 0 amide bonds. The monoisotopic (exact) mass is 263 g/mol. The van der Waals surface area contributed by atoms with Crippen LogP contribution in [0.25, 0.3) is 11.0 Å². The Bertz CT molecular complexity index is 587. The van der Waals surface area contributed by atoms with E-state index in [4.69, 9.17) is 11.6 Å². The molecule has 5 heteroatoms. The van der Waals surface area contributed by atoms with Gasteiger partial charge in [0.2, 0.25) is 5.28 Å². The summed E-state index contributed by atoms with van der Waals surface area (Å²) in [7, 11) is 0. The molecule has 0 aromatic carbocycles. The van der Waals surface area contributed by atoms with E-state index < -0.39 is 0 Å². The summed E-state index contributed by atoms with van der Waals surface area (Å²) in [5, 5.41) is 1.11. The van der Waals surface area contributed by atoms with Crippen LogP contribution in [0, 0.1) is 0 Å². The molecular formula is C13H14ClN3O. The standard InChI is InChI=1S/C13H14ClN3O/c14-13-15-7-9-6-11(8-18)17(12(9)16-13)10-4-2-1-3-5-10/h6-8,10H,1-5H2. The van der Waals surface area contributed by atoms with Crippen molar-refractivity contribution in [2.24, 2.45) is 0 Å². The molecule has 0 unspecified atom stereocenters. The van der Waals surface area contributed by atoms with Gasteiger partial charge < -0.3 is 4.57 Å². The van der Waals surface area contributed by atoms with Gasteiger partial charge in [-0.3, -0.25) is 4.79 Å². The second-order valence-electron chi connectivity index (χ2n) is 4.77. The Hall–Kier alpha value is -1.42. The summed E-state index contributed by atoms with van der Waals surface area (Å²) in [6.07, 6.45) is 8.48. The number of fused-ring (bicyclic) bond motifs is 1. The molecule has 3 rings (SSSR count). The van der Waals surface area contributed by atoms with Crippen LogP contribution in [0.5, 0.6) is 0 Å². The molecule has 2 aromatic heterocycles. The highest BCUT2D eigenvalue weighted by atomic mass is 35.5. The summed E-state index contributed by atoms with van der Waals surface area (Å²) in [5.41, 5.74) is 1.46. The summed E-state index contributed by atoms with van der Waals surface area (Å²) in [6.45, 7) is 0. The number of rotatable bonds is 2. The van der Waals surface area contributed by atoms with Gasteiger partial charge in [0, 0.05) is 17.6 Å². The lowest BCUT2D eigenvalue weighted by molar-refractivity contribution is 0.111. The number of aldehydes is 1.